The molecule has 0 atom stereocenters. The zero-order chi connectivity index (χ0) is 16.0. The van der Waals surface area contributed by atoms with Gasteiger partial charge in [-0.25, -0.2) is 4.79 Å². The Bertz CT molecular complexity index is 777. The molecule has 1 aromatic carbocycles. The molecule has 1 aromatic heterocycles. The fraction of sp³-hybridized carbons (Fsp3) is 0.312. The molecule has 0 saturated carbocycles. The van der Waals surface area contributed by atoms with Gasteiger partial charge < -0.3 is 10.0 Å². The van der Waals surface area contributed by atoms with Crippen molar-refractivity contribution in [3.05, 3.63) is 41.1 Å². The van der Waals surface area contributed by atoms with Gasteiger partial charge in [0.15, 0.2) is 5.69 Å². The maximum Gasteiger partial charge on any atom is 0.356 e. The quantitative estimate of drug-likeness (QED) is 0.942. The Hall–Kier alpha value is -2.63. The van der Waals surface area contributed by atoms with Crippen molar-refractivity contribution in [2.45, 2.75) is 26.4 Å². The number of nitrogens with zero attached hydrogens (tertiary/aromatic N) is 3. The first kappa shape index (κ1) is 14.3. The van der Waals surface area contributed by atoms with Crippen LogP contribution < -0.4 is 0 Å². The molecule has 0 spiro atoms. The number of carbonyl (C=O) groups is 2. The first-order valence-electron chi connectivity index (χ1n) is 7.10. The van der Waals surface area contributed by atoms with Crippen molar-refractivity contribution in [2.24, 2.45) is 7.05 Å². The predicted octanol–water partition coefficient (Wildman–Crippen LogP) is 2.15. The van der Waals surface area contributed by atoms with E-state index in [0.29, 0.717) is 17.8 Å². The van der Waals surface area contributed by atoms with E-state index in [1.807, 2.05) is 36.9 Å². The lowest BCUT2D eigenvalue weighted by Crippen LogP contribution is -2.30. The van der Waals surface area contributed by atoms with Crippen LogP contribution in [0.3, 0.4) is 0 Å². The summed E-state index contributed by atoms with van der Waals surface area (Å²) in [7, 11) is 1.69. The van der Waals surface area contributed by atoms with Crippen molar-refractivity contribution in [1.82, 2.24) is 14.7 Å². The fourth-order valence-corrected chi connectivity index (χ4v) is 2.74. The van der Waals surface area contributed by atoms with Crippen molar-refractivity contribution < 1.29 is 14.7 Å². The average Bonchev–Trinajstić information content (AvgIpc) is 3.00. The van der Waals surface area contributed by atoms with Crippen molar-refractivity contribution >= 4 is 11.9 Å². The lowest BCUT2D eigenvalue weighted by atomic mass is 10.0. The van der Waals surface area contributed by atoms with E-state index >= 15 is 0 Å². The number of hydrogen-bond acceptors (Lipinski definition) is 3. The number of carboxylic acid groups (broad SMARTS) is 1. The van der Waals surface area contributed by atoms with Crippen LogP contribution in [-0.2, 0) is 13.6 Å². The molecule has 0 bridgehead atoms. The molecule has 1 N–H and O–H groups in total. The van der Waals surface area contributed by atoms with Gasteiger partial charge in [-0.15, -0.1) is 0 Å². The molecule has 0 radical (unpaired) electrons. The zero-order valence-electron chi connectivity index (χ0n) is 12.7. The molecule has 2 aromatic rings. The zero-order valence-corrected chi connectivity index (χ0v) is 12.7. The molecule has 114 valence electrons. The van der Waals surface area contributed by atoms with Crippen molar-refractivity contribution in [2.75, 3.05) is 0 Å². The standard InChI is InChI=1S/C16H17N3O3/c1-9(2)19-8-11-5-4-10(6-12(11)15(19)20)14-7-13(16(21)22)17-18(14)3/h4-7,9H,8H2,1-3H3,(H,21,22). The molecule has 0 unspecified atom stereocenters. The number of benzene rings is 1. The number of aromatic carboxylic acids is 1. The third kappa shape index (κ3) is 2.16. The minimum Gasteiger partial charge on any atom is -0.476 e. The Morgan fingerprint density at radius 2 is 2.05 bits per heavy atom. The van der Waals surface area contributed by atoms with Crippen molar-refractivity contribution in [3.63, 3.8) is 0 Å². The van der Waals surface area contributed by atoms with Gasteiger partial charge in [0.2, 0.25) is 0 Å². The summed E-state index contributed by atoms with van der Waals surface area (Å²) < 4.78 is 1.52. The molecular formula is C16H17N3O3. The van der Waals surface area contributed by atoms with E-state index in [1.54, 1.807) is 7.05 Å². The highest BCUT2D eigenvalue weighted by Gasteiger charge is 2.29. The number of carboxylic acids is 1. The number of rotatable bonds is 3. The summed E-state index contributed by atoms with van der Waals surface area (Å²) in [6.07, 6.45) is 0. The van der Waals surface area contributed by atoms with Crippen LogP contribution in [0.15, 0.2) is 24.3 Å². The Kier molecular flexibility index (Phi) is 3.24. The third-order valence-corrected chi connectivity index (χ3v) is 3.96. The summed E-state index contributed by atoms with van der Waals surface area (Å²) in [6.45, 7) is 4.60. The maximum absolute atomic E-state index is 12.4. The van der Waals surface area contributed by atoms with Gasteiger partial charge in [-0.1, -0.05) is 12.1 Å². The normalized spacial score (nSPS) is 13.8. The van der Waals surface area contributed by atoms with Crippen LogP contribution in [0.4, 0.5) is 0 Å². The number of amides is 1. The van der Waals surface area contributed by atoms with Crippen molar-refractivity contribution in [1.29, 1.82) is 0 Å². The summed E-state index contributed by atoms with van der Waals surface area (Å²) in [5, 5.41) is 13.0. The molecule has 1 aliphatic rings. The third-order valence-electron chi connectivity index (χ3n) is 3.96. The number of carbonyl (C=O) groups excluding carboxylic acids is 1. The van der Waals surface area contributed by atoms with E-state index in [4.69, 9.17) is 5.11 Å². The molecule has 6 nitrogen and oxygen atoms in total. The van der Waals surface area contributed by atoms with Gasteiger partial charge >= 0.3 is 5.97 Å². The SMILES string of the molecule is CC(C)N1Cc2ccc(-c3cc(C(=O)O)nn3C)cc2C1=O. The van der Waals surface area contributed by atoms with Gasteiger partial charge in [0.05, 0.1) is 5.69 Å². The number of aryl methyl sites for hydroxylation is 1. The second kappa shape index (κ2) is 4.98. The largest absolute Gasteiger partial charge is 0.476 e. The van der Waals surface area contributed by atoms with Gasteiger partial charge in [0, 0.05) is 30.8 Å². The average molecular weight is 299 g/mol. The first-order valence-corrected chi connectivity index (χ1v) is 7.10. The van der Waals surface area contributed by atoms with Crippen LogP contribution in [0.1, 0.15) is 40.3 Å². The van der Waals surface area contributed by atoms with Crippen LogP contribution >= 0.6 is 0 Å². The van der Waals surface area contributed by atoms with E-state index in [2.05, 4.69) is 5.10 Å². The Morgan fingerprint density at radius 1 is 1.32 bits per heavy atom. The van der Waals surface area contributed by atoms with Crippen LogP contribution in [-0.4, -0.2) is 37.7 Å². The van der Waals surface area contributed by atoms with Crippen LogP contribution in [0.25, 0.3) is 11.3 Å². The van der Waals surface area contributed by atoms with Crippen LogP contribution in [0, 0.1) is 0 Å². The first-order chi connectivity index (χ1) is 10.4. The summed E-state index contributed by atoms with van der Waals surface area (Å²) in [5.74, 6) is -1.04. The summed E-state index contributed by atoms with van der Waals surface area (Å²) in [6, 6.07) is 7.32. The van der Waals surface area contributed by atoms with E-state index in [1.165, 1.54) is 10.7 Å². The molecule has 1 amide bonds. The minimum atomic E-state index is -1.06. The van der Waals surface area contributed by atoms with Gasteiger partial charge in [-0.3, -0.25) is 9.48 Å². The van der Waals surface area contributed by atoms with E-state index in [0.717, 1.165) is 11.1 Å². The number of fused-ring (bicyclic) bond motifs is 1. The molecule has 0 fully saturated rings. The van der Waals surface area contributed by atoms with Gasteiger partial charge in [0.1, 0.15) is 0 Å². The smallest absolute Gasteiger partial charge is 0.356 e. The highest BCUT2D eigenvalue weighted by Crippen LogP contribution is 2.29. The molecule has 0 saturated heterocycles. The second-order valence-electron chi connectivity index (χ2n) is 5.74. The monoisotopic (exact) mass is 299 g/mol. The van der Waals surface area contributed by atoms with Gasteiger partial charge in [0.25, 0.3) is 5.91 Å². The Labute approximate surface area is 128 Å². The van der Waals surface area contributed by atoms with E-state index in [-0.39, 0.29) is 17.6 Å². The molecule has 0 aliphatic carbocycles. The number of hydrogen-bond donors (Lipinski definition) is 1. The molecule has 22 heavy (non-hydrogen) atoms. The summed E-state index contributed by atoms with van der Waals surface area (Å²) in [4.78, 5) is 25.3. The lowest BCUT2D eigenvalue weighted by molar-refractivity contribution is 0.0687. The van der Waals surface area contributed by atoms with Gasteiger partial charge in [-0.2, -0.15) is 5.10 Å². The highest BCUT2D eigenvalue weighted by atomic mass is 16.4. The van der Waals surface area contributed by atoms with E-state index < -0.39 is 5.97 Å². The Morgan fingerprint density at radius 3 is 2.64 bits per heavy atom. The lowest BCUT2D eigenvalue weighted by Gasteiger charge is -2.19. The highest BCUT2D eigenvalue weighted by molar-refractivity contribution is 5.99. The van der Waals surface area contributed by atoms with E-state index in [9.17, 15) is 9.59 Å². The second-order valence-corrected chi connectivity index (χ2v) is 5.74. The minimum absolute atomic E-state index is 0.00636. The Balaban J connectivity index is 2.03. The summed E-state index contributed by atoms with van der Waals surface area (Å²) >= 11 is 0. The van der Waals surface area contributed by atoms with Crippen LogP contribution in [0.5, 0.6) is 0 Å². The maximum atomic E-state index is 12.4. The fourth-order valence-electron chi connectivity index (χ4n) is 2.74. The summed E-state index contributed by atoms with van der Waals surface area (Å²) in [5.41, 5.74) is 3.15. The van der Waals surface area contributed by atoms with Crippen LogP contribution in [0.2, 0.25) is 0 Å². The molecule has 2 heterocycles. The molecule has 3 rings (SSSR count). The predicted molar refractivity (Wildman–Crippen MR) is 80.6 cm³/mol. The van der Waals surface area contributed by atoms with Gasteiger partial charge in [-0.05, 0) is 31.5 Å². The number of aromatic nitrogens is 2. The molecular weight excluding hydrogens is 282 g/mol. The van der Waals surface area contributed by atoms with Crippen molar-refractivity contribution in [3.8, 4) is 11.3 Å². The topological polar surface area (TPSA) is 75.4 Å². The molecule has 6 heteroatoms. The molecule has 1 aliphatic heterocycles.